The normalized spacial score (nSPS) is 13.7. The number of fused-ring (bicyclic) bond motifs is 6. The average molecular weight is 869 g/mol. The number of rotatable bonds is 8. The van der Waals surface area contributed by atoms with Crippen LogP contribution in [0.2, 0.25) is 0 Å². The molecule has 0 saturated heterocycles. The number of ether oxygens (including phenoxy) is 4. The zero-order valence-electron chi connectivity index (χ0n) is 34.1. The molecule has 7 aromatic rings. The van der Waals surface area contributed by atoms with Crippen LogP contribution in [0.15, 0.2) is 158 Å². The third kappa shape index (κ3) is 9.27. The minimum Gasteiger partial charge on any atom is -0.478 e. The summed E-state index contributed by atoms with van der Waals surface area (Å²) in [6.45, 7) is 0. The number of benzene rings is 7. The Hall–Kier alpha value is -9.04. The fraction of sp³-hybridized carbons (Fsp3) is 0.0588. The van der Waals surface area contributed by atoms with Gasteiger partial charge in [0.15, 0.2) is 0 Å². The van der Waals surface area contributed by atoms with E-state index in [1.165, 1.54) is 46.5 Å². The van der Waals surface area contributed by atoms with Crippen molar-refractivity contribution in [3.05, 3.63) is 213 Å². The molecule has 7 aromatic carbocycles. The van der Waals surface area contributed by atoms with Crippen LogP contribution in [0, 0.1) is 0 Å². The first-order chi connectivity index (χ1) is 31.2. The second kappa shape index (κ2) is 17.7. The number of hydrogen-bond acceptors (Lipinski definition) is 12. The van der Waals surface area contributed by atoms with Gasteiger partial charge in [-0.05, 0) is 144 Å². The SMILES string of the molecule is Nc1ccc(Oc2ccc(C3(c4ccc(Oc5ccc(N)cc5)cc4)Cc4ccc(cc4)C3)cc2)cc1.O=C(O)c1ccc2c(c1)C(=O)OC2=O.O=C(O)c1ccc2c(c1)C(=O)OC2=O. The topological polar surface area (TPSA) is 232 Å². The highest BCUT2D eigenvalue weighted by Gasteiger charge is 2.37. The second-order valence-corrected chi connectivity index (χ2v) is 15.1. The summed E-state index contributed by atoms with van der Waals surface area (Å²) in [7, 11) is 0. The molecular weight excluding hydrogens is 833 g/mol. The van der Waals surface area contributed by atoms with Crippen molar-refractivity contribution in [2.24, 2.45) is 0 Å². The summed E-state index contributed by atoms with van der Waals surface area (Å²) in [6, 6.07) is 48.1. The van der Waals surface area contributed by atoms with Crippen molar-refractivity contribution in [2.45, 2.75) is 18.3 Å². The van der Waals surface area contributed by atoms with Crippen molar-refractivity contribution in [1.82, 2.24) is 0 Å². The maximum absolute atomic E-state index is 11.0. The molecule has 65 heavy (non-hydrogen) atoms. The smallest absolute Gasteiger partial charge is 0.346 e. The Labute approximate surface area is 370 Å². The lowest BCUT2D eigenvalue weighted by Crippen LogP contribution is -2.32. The van der Waals surface area contributed by atoms with Crippen LogP contribution < -0.4 is 20.9 Å². The van der Waals surface area contributed by atoms with Gasteiger partial charge in [0.2, 0.25) is 0 Å². The number of carbonyl (C=O) groups is 6. The molecule has 11 rings (SSSR count). The molecule has 0 spiro atoms. The van der Waals surface area contributed by atoms with E-state index in [9.17, 15) is 28.8 Å². The van der Waals surface area contributed by atoms with Crippen molar-refractivity contribution in [3.8, 4) is 23.0 Å². The van der Waals surface area contributed by atoms with Crippen LogP contribution in [0.4, 0.5) is 11.4 Å². The van der Waals surface area contributed by atoms with Crippen molar-refractivity contribution in [1.29, 1.82) is 0 Å². The van der Waals surface area contributed by atoms with Crippen LogP contribution in [-0.4, -0.2) is 46.0 Å². The Morgan fingerprint density at radius 1 is 0.431 bits per heavy atom. The first-order valence-electron chi connectivity index (χ1n) is 19.9. The van der Waals surface area contributed by atoms with E-state index in [0.29, 0.717) is 0 Å². The minimum atomic E-state index is -1.15. The van der Waals surface area contributed by atoms with Crippen LogP contribution >= 0.6 is 0 Å². The van der Waals surface area contributed by atoms with Gasteiger partial charge in [0.1, 0.15) is 23.0 Å². The van der Waals surface area contributed by atoms with Crippen LogP contribution in [-0.2, 0) is 27.7 Å². The summed E-state index contributed by atoms with van der Waals surface area (Å²) in [5.74, 6) is -2.25. The van der Waals surface area contributed by atoms with Gasteiger partial charge in [-0.25, -0.2) is 28.8 Å². The Morgan fingerprint density at radius 2 is 0.738 bits per heavy atom. The lowest BCUT2D eigenvalue weighted by atomic mass is 9.68. The summed E-state index contributed by atoms with van der Waals surface area (Å²) in [6.07, 6.45) is 1.83. The molecule has 0 unspecified atom stereocenters. The highest BCUT2D eigenvalue weighted by Crippen LogP contribution is 2.43. The fourth-order valence-electron chi connectivity index (χ4n) is 7.57. The molecule has 0 amide bonds. The Morgan fingerprint density at radius 3 is 1.06 bits per heavy atom. The second-order valence-electron chi connectivity index (χ2n) is 15.1. The van der Waals surface area contributed by atoms with E-state index in [0.717, 1.165) is 59.3 Å². The summed E-state index contributed by atoms with van der Waals surface area (Å²) < 4.78 is 20.7. The van der Waals surface area contributed by atoms with Gasteiger partial charge in [0.05, 0.1) is 33.4 Å². The van der Waals surface area contributed by atoms with Gasteiger partial charge in [-0.1, -0.05) is 48.5 Å². The minimum absolute atomic E-state index is 0.00917. The molecule has 14 nitrogen and oxygen atoms in total. The van der Waals surface area contributed by atoms with E-state index < -0.39 is 35.8 Å². The van der Waals surface area contributed by atoms with E-state index in [4.69, 9.17) is 31.2 Å². The zero-order valence-corrected chi connectivity index (χ0v) is 34.1. The first kappa shape index (κ1) is 42.6. The number of carbonyl (C=O) groups excluding carboxylic acids is 4. The van der Waals surface area contributed by atoms with Crippen molar-refractivity contribution in [2.75, 3.05) is 11.5 Å². The van der Waals surface area contributed by atoms with Crippen molar-refractivity contribution < 1.29 is 57.9 Å². The van der Waals surface area contributed by atoms with E-state index in [1.54, 1.807) is 0 Å². The fourth-order valence-corrected chi connectivity index (χ4v) is 7.57. The maximum atomic E-state index is 11.0. The Kier molecular flexibility index (Phi) is 11.6. The number of aromatic carboxylic acids is 2. The molecule has 4 aliphatic rings. The molecule has 2 aliphatic heterocycles. The van der Waals surface area contributed by atoms with E-state index in [-0.39, 0.29) is 38.8 Å². The monoisotopic (exact) mass is 868 g/mol. The number of carboxylic acids is 2. The standard InChI is InChI=1S/C33H28N2O2.2C9H4O5/c34-27-9-17-31(18-10-27)36-29-13-5-25(6-14-29)33(21-23-1-2-24(22-33)4-3-23)26-7-15-30(16-8-26)37-32-19-11-28(35)12-20-32;2*10-7(11)4-1-2-5-6(3-4)9(13)14-8(5)12/h1-20H,21-22,34-35H2;2*1-3H,(H,10,11). The Balaban J connectivity index is 0.000000167. The van der Waals surface area contributed by atoms with Gasteiger partial charge in [-0.2, -0.15) is 0 Å². The summed E-state index contributed by atoms with van der Waals surface area (Å²) in [4.78, 5) is 65.1. The molecule has 0 aromatic heterocycles. The lowest BCUT2D eigenvalue weighted by molar-refractivity contribution is 0.0425. The quantitative estimate of drug-likeness (QED) is 0.0635. The number of nitrogens with two attached hydrogens (primary N) is 2. The van der Waals surface area contributed by atoms with Crippen LogP contribution in [0.1, 0.15) is 84.4 Å². The maximum Gasteiger partial charge on any atom is 0.346 e. The van der Waals surface area contributed by atoms with E-state index in [2.05, 4.69) is 82.3 Å². The van der Waals surface area contributed by atoms with Gasteiger partial charge >= 0.3 is 35.8 Å². The van der Waals surface area contributed by atoms with Crippen molar-refractivity contribution in [3.63, 3.8) is 0 Å². The largest absolute Gasteiger partial charge is 0.478 e. The third-order valence-corrected chi connectivity index (χ3v) is 10.9. The van der Waals surface area contributed by atoms with Crippen molar-refractivity contribution >= 4 is 47.2 Å². The molecule has 14 heteroatoms. The molecule has 0 saturated carbocycles. The van der Waals surface area contributed by atoms with Crippen LogP contribution in [0.3, 0.4) is 0 Å². The number of anilines is 2. The van der Waals surface area contributed by atoms with Gasteiger partial charge < -0.3 is 40.6 Å². The van der Waals surface area contributed by atoms with Crippen LogP contribution in [0.5, 0.6) is 23.0 Å². The highest BCUT2D eigenvalue weighted by atomic mass is 16.6. The molecule has 0 atom stereocenters. The lowest BCUT2D eigenvalue weighted by Gasteiger charge is -2.34. The zero-order chi connectivity index (χ0) is 45.8. The first-order valence-corrected chi connectivity index (χ1v) is 19.9. The predicted octanol–water partition coefficient (Wildman–Crippen LogP) is 8.91. The molecule has 322 valence electrons. The molecular formula is C51H36N2O12. The molecule has 0 fully saturated rings. The predicted molar refractivity (Wildman–Crippen MR) is 236 cm³/mol. The van der Waals surface area contributed by atoms with Gasteiger partial charge in [0.25, 0.3) is 0 Å². The summed E-state index contributed by atoms with van der Waals surface area (Å²) in [5.41, 5.74) is 18.2. The highest BCUT2D eigenvalue weighted by molar-refractivity contribution is 6.16. The number of nitrogen functional groups attached to an aromatic ring is 2. The third-order valence-electron chi connectivity index (χ3n) is 10.9. The van der Waals surface area contributed by atoms with Crippen LogP contribution in [0.25, 0.3) is 0 Å². The number of carboxylic acid groups (broad SMARTS) is 2. The molecule has 0 radical (unpaired) electrons. The summed E-state index contributed by atoms with van der Waals surface area (Å²) in [5, 5.41) is 17.3. The number of cyclic esters (lactones) is 4. The molecule has 2 heterocycles. The van der Waals surface area contributed by atoms with Gasteiger partial charge in [-0.3, -0.25) is 0 Å². The average Bonchev–Trinajstić information content (AvgIpc) is 3.57. The van der Waals surface area contributed by atoms with Gasteiger partial charge in [0, 0.05) is 16.8 Å². The molecule has 2 aliphatic carbocycles. The van der Waals surface area contributed by atoms with Gasteiger partial charge in [-0.15, -0.1) is 0 Å². The summed E-state index contributed by atoms with van der Waals surface area (Å²) >= 11 is 0. The van der Waals surface area contributed by atoms with E-state index >= 15 is 0 Å². The van der Waals surface area contributed by atoms with E-state index in [1.807, 2.05) is 48.5 Å². The Bertz CT molecular complexity index is 2790. The number of esters is 4. The molecule has 6 N–H and O–H groups in total. The molecule has 2 bridgehead atoms. The number of hydrogen-bond donors (Lipinski definition) is 4.